The Morgan fingerprint density at radius 2 is 2.22 bits per heavy atom. The van der Waals surface area contributed by atoms with E-state index in [1.807, 2.05) is 24.3 Å². The third-order valence-corrected chi connectivity index (χ3v) is 3.48. The van der Waals surface area contributed by atoms with Gasteiger partial charge in [-0.3, -0.25) is 10.1 Å². The lowest BCUT2D eigenvalue weighted by molar-refractivity contribution is -0.123. The van der Waals surface area contributed by atoms with E-state index in [1.165, 1.54) is 0 Å². The van der Waals surface area contributed by atoms with Crippen LogP contribution in [0.4, 0.5) is 0 Å². The minimum Gasteiger partial charge on any atom is -0.458 e. The van der Waals surface area contributed by atoms with Crippen molar-refractivity contribution in [2.75, 3.05) is 0 Å². The maximum absolute atomic E-state index is 11.9. The number of furan rings is 1. The molecule has 0 aliphatic carbocycles. The van der Waals surface area contributed by atoms with Crippen LogP contribution in [0.1, 0.15) is 12.7 Å². The molecule has 2 aromatic rings. The standard InChI is InChI=1S/C12H10BrN3O2/c1-12(10(17)15-11(14)16-12)9-5-6-4-7(13)2-3-8(6)18-9/h2-5H,1H3,(H3,14,15,16,17). The maximum atomic E-state index is 11.9. The summed E-state index contributed by atoms with van der Waals surface area (Å²) in [5.74, 6) is 0.316. The lowest BCUT2D eigenvalue weighted by atomic mass is 10.00. The van der Waals surface area contributed by atoms with Crippen molar-refractivity contribution in [1.29, 1.82) is 0 Å². The van der Waals surface area contributed by atoms with Crippen LogP contribution in [0, 0.1) is 0 Å². The zero-order chi connectivity index (χ0) is 12.9. The molecule has 18 heavy (non-hydrogen) atoms. The van der Waals surface area contributed by atoms with Crippen molar-refractivity contribution < 1.29 is 9.21 Å². The first kappa shape index (κ1) is 11.3. The van der Waals surface area contributed by atoms with Gasteiger partial charge < -0.3 is 10.2 Å². The summed E-state index contributed by atoms with van der Waals surface area (Å²) in [4.78, 5) is 16.0. The topological polar surface area (TPSA) is 80.6 Å². The van der Waals surface area contributed by atoms with Gasteiger partial charge in [0.25, 0.3) is 5.91 Å². The quantitative estimate of drug-likeness (QED) is 0.843. The second-order valence-electron chi connectivity index (χ2n) is 4.32. The van der Waals surface area contributed by atoms with Crippen molar-refractivity contribution in [1.82, 2.24) is 5.32 Å². The number of hydrogen-bond acceptors (Lipinski definition) is 4. The second-order valence-corrected chi connectivity index (χ2v) is 5.23. The van der Waals surface area contributed by atoms with Gasteiger partial charge in [-0.15, -0.1) is 0 Å². The van der Waals surface area contributed by atoms with Crippen molar-refractivity contribution in [3.05, 3.63) is 34.5 Å². The molecular formula is C12H10BrN3O2. The van der Waals surface area contributed by atoms with E-state index in [0.717, 1.165) is 9.86 Å². The number of benzene rings is 1. The number of fused-ring (bicyclic) bond motifs is 1. The van der Waals surface area contributed by atoms with Crippen LogP contribution in [0.2, 0.25) is 0 Å². The van der Waals surface area contributed by atoms with E-state index in [4.69, 9.17) is 10.2 Å². The van der Waals surface area contributed by atoms with Crippen molar-refractivity contribution in [2.45, 2.75) is 12.5 Å². The van der Waals surface area contributed by atoms with E-state index in [0.29, 0.717) is 11.3 Å². The zero-order valence-corrected chi connectivity index (χ0v) is 11.1. The summed E-state index contributed by atoms with van der Waals surface area (Å²) in [6, 6.07) is 7.45. The molecule has 1 unspecified atom stereocenters. The molecule has 0 spiro atoms. The molecule has 0 bridgehead atoms. The summed E-state index contributed by atoms with van der Waals surface area (Å²) in [5.41, 5.74) is 5.15. The zero-order valence-electron chi connectivity index (χ0n) is 9.53. The molecule has 3 rings (SSSR count). The fourth-order valence-electron chi connectivity index (χ4n) is 1.98. The third-order valence-electron chi connectivity index (χ3n) is 2.99. The minimum absolute atomic E-state index is 0.115. The van der Waals surface area contributed by atoms with Crippen LogP contribution in [-0.4, -0.2) is 11.9 Å². The summed E-state index contributed by atoms with van der Waals surface area (Å²) in [5, 5.41) is 3.39. The van der Waals surface area contributed by atoms with Crippen LogP contribution in [-0.2, 0) is 10.3 Å². The number of rotatable bonds is 1. The lowest BCUT2D eigenvalue weighted by Gasteiger charge is -2.13. The fourth-order valence-corrected chi connectivity index (χ4v) is 2.36. The third kappa shape index (κ3) is 1.53. The average molecular weight is 308 g/mol. The molecule has 6 heteroatoms. The van der Waals surface area contributed by atoms with Gasteiger partial charge in [0, 0.05) is 9.86 Å². The van der Waals surface area contributed by atoms with E-state index < -0.39 is 5.54 Å². The van der Waals surface area contributed by atoms with Crippen LogP contribution in [0.25, 0.3) is 11.0 Å². The Morgan fingerprint density at radius 1 is 1.44 bits per heavy atom. The molecule has 0 radical (unpaired) electrons. The number of carbonyl (C=O) groups is 1. The monoisotopic (exact) mass is 307 g/mol. The van der Waals surface area contributed by atoms with Crippen molar-refractivity contribution in [2.24, 2.45) is 10.7 Å². The Morgan fingerprint density at radius 3 is 2.89 bits per heavy atom. The number of hydrogen-bond donors (Lipinski definition) is 2. The highest BCUT2D eigenvalue weighted by atomic mass is 79.9. The Balaban J connectivity index is 2.18. The Labute approximate surface area is 111 Å². The highest BCUT2D eigenvalue weighted by Gasteiger charge is 2.43. The largest absolute Gasteiger partial charge is 0.458 e. The summed E-state index contributed by atoms with van der Waals surface area (Å²) in [7, 11) is 0. The number of nitrogens with one attached hydrogen (secondary N) is 1. The predicted octanol–water partition coefficient (Wildman–Crippen LogP) is 1.86. The van der Waals surface area contributed by atoms with Gasteiger partial charge in [-0.25, -0.2) is 4.99 Å². The van der Waals surface area contributed by atoms with Crippen molar-refractivity contribution >= 4 is 38.8 Å². The molecule has 1 aliphatic rings. The second kappa shape index (κ2) is 3.58. The van der Waals surface area contributed by atoms with Crippen LogP contribution in [0.3, 0.4) is 0 Å². The first-order valence-corrected chi connectivity index (χ1v) is 6.15. The number of amides is 1. The van der Waals surface area contributed by atoms with Gasteiger partial charge in [0.2, 0.25) is 0 Å². The molecule has 0 saturated heterocycles. The lowest BCUT2D eigenvalue weighted by Crippen LogP contribution is -2.36. The molecular weight excluding hydrogens is 298 g/mol. The van der Waals surface area contributed by atoms with E-state index in [1.54, 1.807) is 6.92 Å². The fraction of sp³-hybridized carbons (Fsp3) is 0.167. The van der Waals surface area contributed by atoms with Gasteiger partial charge in [0.05, 0.1) is 0 Å². The Kier molecular flexibility index (Phi) is 2.25. The highest BCUT2D eigenvalue weighted by molar-refractivity contribution is 9.10. The van der Waals surface area contributed by atoms with Crippen LogP contribution < -0.4 is 11.1 Å². The molecule has 0 saturated carbocycles. The first-order valence-electron chi connectivity index (χ1n) is 5.35. The molecule has 1 aromatic heterocycles. The van der Waals surface area contributed by atoms with Gasteiger partial charge >= 0.3 is 0 Å². The first-order chi connectivity index (χ1) is 8.49. The predicted molar refractivity (Wildman–Crippen MR) is 71.0 cm³/mol. The molecule has 92 valence electrons. The molecule has 0 fully saturated rings. The summed E-state index contributed by atoms with van der Waals surface area (Å²) < 4.78 is 6.63. The smallest absolute Gasteiger partial charge is 0.262 e. The number of guanidine groups is 1. The van der Waals surface area contributed by atoms with Crippen LogP contribution in [0.5, 0.6) is 0 Å². The Bertz CT molecular complexity index is 692. The number of carbonyl (C=O) groups excluding carboxylic acids is 1. The molecule has 1 aliphatic heterocycles. The van der Waals surface area contributed by atoms with Crippen molar-refractivity contribution in [3.63, 3.8) is 0 Å². The normalized spacial score (nSPS) is 23.2. The minimum atomic E-state index is -1.09. The van der Waals surface area contributed by atoms with Crippen LogP contribution >= 0.6 is 15.9 Å². The average Bonchev–Trinajstić information content (AvgIpc) is 2.81. The van der Waals surface area contributed by atoms with Crippen LogP contribution in [0.15, 0.2) is 38.1 Å². The Hall–Kier alpha value is -1.82. The van der Waals surface area contributed by atoms with Gasteiger partial charge in [0.1, 0.15) is 11.3 Å². The van der Waals surface area contributed by atoms with E-state index in [9.17, 15) is 4.79 Å². The van der Waals surface area contributed by atoms with Gasteiger partial charge in [0.15, 0.2) is 11.5 Å². The molecule has 2 heterocycles. The number of nitrogens with two attached hydrogens (primary N) is 1. The van der Waals surface area contributed by atoms with Gasteiger partial charge in [-0.1, -0.05) is 15.9 Å². The summed E-state index contributed by atoms with van der Waals surface area (Å²) in [6.45, 7) is 1.68. The van der Waals surface area contributed by atoms with E-state index in [-0.39, 0.29) is 11.9 Å². The molecule has 5 nitrogen and oxygen atoms in total. The maximum Gasteiger partial charge on any atom is 0.262 e. The number of aliphatic imine (C=N–C) groups is 1. The van der Waals surface area contributed by atoms with E-state index in [2.05, 4.69) is 26.2 Å². The summed E-state index contributed by atoms with van der Waals surface area (Å²) >= 11 is 3.39. The molecule has 1 aromatic carbocycles. The molecule has 3 N–H and O–H groups in total. The number of halogens is 1. The van der Waals surface area contributed by atoms with E-state index >= 15 is 0 Å². The van der Waals surface area contributed by atoms with Gasteiger partial charge in [-0.05, 0) is 31.2 Å². The van der Waals surface area contributed by atoms with Crippen molar-refractivity contribution in [3.8, 4) is 0 Å². The SMILES string of the molecule is CC1(c2cc3cc(Br)ccc3o2)N=C(N)NC1=O. The highest BCUT2D eigenvalue weighted by Crippen LogP contribution is 2.33. The summed E-state index contributed by atoms with van der Waals surface area (Å²) in [6.07, 6.45) is 0. The molecule has 1 amide bonds. The molecule has 1 atom stereocenters. The van der Waals surface area contributed by atoms with Gasteiger partial charge in [-0.2, -0.15) is 0 Å². The number of nitrogens with zero attached hydrogens (tertiary/aromatic N) is 1.